The molecule has 0 radical (unpaired) electrons. The van der Waals surface area contributed by atoms with E-state index in [0.29, 0.717) is 12.3 Å². The maximum absolute atomic E-state index is 12.7. The number of hydrogen-bond donors (Lipinski definition) is 1. The van der Waals surface area contributed by atoms with Crippen molar-refractivity contribution in [3.8, 4) is 0 Å². The number of anilines is 1. The number of amides is 2. The summed E-state index contributed by atoms with van der Waals surface area (Å²) in [6.45, 7) is 12.9. The predicted molar refractivity (Wildman–Crippen MR) is 104 cm³/mol. The number of likely N-dealkylation sites (N-methyl/N-ethyl adjacent to an activating group) is 1. The topological polar surface area (TPSA) is 52.7 Å². The van der Waals surface area contributed by atoms with Crippen LogP contribution in [0.1, 0.15) is 44.2 Å². The summed E-state index contributed by atoms with van der Waals surface area (Å²) >= 11 is 0. The third-order valence-corrected chi connectivity index (χ3v) is 5.75. The number of piperazine rings is 1. The molecule has 5 nitrogen and oxygen atoms in total. The molecule has 2 atom stereocenters. The Kier molecular flexibility index (Phi) is 5.66. The van der Waals surface area contributed by atoms with Crippen LogP contribution in [-0.4, -0.2) is 54.3 Å². The molecule has 1 heterocycles. The van der Waals surface area contributed by atoms with Gasteiger partial charge < -0.3 is 15.1 Å². The maximum Gasteiger partial charge on any atom is 0.228 e. The minimum atomic E-state index is -0.175. The Morgan fingerprint density at radius 3 is 2.46 bits per heavy atom. The van der Waals surface area contributed by atoms with Gasteiger partial charge in [-0.25, -0.2) is 0 Å². The van der Waals surface area contributed by atoms with Crippen molar-refractivity contribution < 1.29 is 9.59 Å². The molecule has 2 aliphatic rings. The number of carbonyl (C=O) groups excluding carboxylic acids is 2. The normalized spacial score (nSPS) is 23.2. The Morgan fingerprint density at radius 2 is 1.85 bits per heavy atom. The van der Waals surface area contributed by atoms with Crippen molar-refractivity contribution in [1.29, 1.82) is 0 Å². The van der Waals surface area contributed by atoms with Gasteiger partial charge >= 0.3 is 0 Å². The molecule has 1 saturated heterocycles. The van der Waals surface area contributed by atoms with Crippen molar-refractivity contribution >= 4 is 17.5 Å². The Bertz CT molecular complexity index is 678. The van der Waals surface area contributed by atoms with Crippen LogP contribution in [0.15, 0.2) is 18.2 Å². The Hall–Kier alpha value is -1.88. The Labute approximate surface area is 156 Å². The number of nitrogens with one attached hydrogen (secondary N) is 1. The molecule has 3 rings (SSSR count). The average Bonchev–Trinajstić information content (AvgIpc) is 3.43. The lowest BCUT2D eigenvalue weighted by Crippen LogP contribution is -2.49. The fourth-order valence-corrected chi connectivity index (χ4v) is 3.83. The highest BCUT2D eigenvalue weighted by molar-refractivity contribution is 6.00. The largest absolute Gasteiger partial charge is 0.340 e. The van der Waals surface area contributed by atoms with E-state index in [2.05, 4.69) is 37.1 Å². The molecule has 1 aliphatic heterocycles. The van der Waals surface area contributed by atoms with Gasteiger partial charge in [0.25, 0.3) is 0 Å². The molecule has 5 heteroatoms. The summed E-state index contributed by atoms with van der Waals surface area (Å²) in [4.78, 5) is 29.7. The van der Waals surface area contributed by atoms with E-state index in [1.165, 1.54) is 0 Å². The molecule has 2 amide bonds. The molecule has 142 valence electrons. The van der Waals surface area contributed by atoms with E-state index >= 15 is 0 Å². The van der Waals surface area contributed by atoms with Crippen LogP contribution >= 0.6 is 0 Å². The van der Waals surface area contributed by atoms with Gasteiger partial charge in [0, 0.05) is 31.9 Å². The summed E-state index contributed by atoms with van der Waals surface area (Å²) in [6, 6.07) is 6.11. The van der Waals surface area contributed by atoms with Crippen LogP contribution in [0.5, 0.6) is 0 Å². The molecule has 0 spiro atoms. The number of aryl methyl sites for hydroxylation is 1. The molecule has 1 aliphatic carbocycles. The molecule has 0 bridgehead atoms. The van der Waals surface area contributed by atoms with E-state index in [1.54, 1.807) is 0 Å². The third-order valence-electron chi connectivity index (χ3n) is 5.75. The van der Waals surface area contributed by atoms with E-state index in [9.17, 15) is 9.59 Å². The fourth-order valence-electron chi connectivity index (χ4n) is 3.83. The van der Waals surface area contributed by atoms with Crippen molar-refractivity contribution in [3.05, 3.63) is 29.3 Å². The van der Waals surface area contributed by atoms with Crippen LogP contribution in [0.2, 0.25) is 0 Å². The second kappa shape index (κ2) is 7.78. The summed E-state index contributed by atoms with van der Waals surface area (Å²) in [7, 11) is 0. The molecule has 2 fully saturated rings. The highest BCUT2D eigenvalue weighted by atomic mass is 16.2. The van der Waals surface area contributed by atoms with Gasteiger partial charge in [-0.2, -0.15) is 0 Å². The number of nitrogens with zero attached hydrogens (tertiary/aromatic N) is 2. The zero-order valence-corrected chi connectivity index (χ0v) is 16.4. The molecular formula is C21H31N3O2. The Balaban J connectivity index is 1.59. The van der Waals surface area contributed by atoms with Crippen LogP contribution in [-0.2, 0) is 9.59 Å². The highest BCUT2D eigenvalue weighted by Gasteiger charge is 2.49. The first-order valence-corrected chi connectivity index (χ1v) is 9.83. The molecule has 26 heavy (non-hydrogen) atoms. The van der Waals surface area contributed by atoms with Crippen molar-refractivity contribution in [3.63, 3.8) is 0 Å². The van der Waals surface area contributed by atoms with Gasteiger partial charge in [0.15, 0.2) is 0 Å². The first kappa shape index (κ1) is 18.9. The second-order valence-electron chi connectivity index (χ2n) is 7.89. The number of carbonyl (C=O) groups is 2. The van der Waals surface area contributed by atoms with Gasteiger partial charge in [-0.15, -0.1) is 0 Å². The first-order valence-electron chi connectivity index (χ1n) is 9.83. The molecule has 1 N–H and O–H groups in total. The zero-order valence-electron chi connectivity index (χ0n) is 16.4. The molecule has 1 aromatic carbocycles. The molecule has 1 saturated carbocycles. The SMILES string of the molecule is CCN1CCN(C(=O)C2CC2C(=O)Nc2c(C)cccc2C(C)C)CC1. The predicted octanol–water partition coefficient (Wildman–Crippen LogP) is 2.86. The van der Waals surface area contributed by atoms with Crippen LogP contribution in [0.3, 0.4) is 0 Å². The summed E-state index contributed by atoms with van der Waals surface area (Å²) in [5.41, 5.74) is 3.14. The number of para-hydroxylation sites is 1. The summed E-state index contributed by atoms with van der Waals surface area (Å²) < 4.78 is 0. The quantitative estimate of drug-likeness (QED) is 0.882. The fraction of sp³-hybridized carbons (Fsp3) is 0.619. The first-order chi connectivity index (χ1) is 12.4. The smallest absolute Gasteiger partial charge is 0.228 e. The van der Waals surface area contributed by atoms with Crippen molar-refractivity contribution in [2.24, 2.45) is 11.8 Å². The van der Waals surface area contributed by atoms with E-state index in [4.69, 9.17) is 0 Å². The summed E-state index contributed by atoms with van der Waals surface area (Å²) in [5.74, 6) is 0.194. The third kappa shape index (κ3) is 3.93. The molecule has 2 unspecified atom stereocenters. The van der Waals surface area contributed by atoms with E-state index < -0.39 is 0 Å². The Morgan fingerprint density at radius 1 is 1.15 bits per heavy atom. The second-order valence-corrected chi connectivity index (χ2v) is 7.89. The molecule has 0 aromatic heterocycles. The monoisotopic (exact) mass is 357 g/mol. The van der Waals surface area contributed by atoms with Gasteiger partial charge in [-0.05, 0) is 36.9 Å². The van der Waals surface area contributed by atoms with Crippen LogP contribution in [0.4, 0.5) is 5.69 Å². The van der Waals surface area contributed by atoms with Crippen molar-refractivity contribution in [2.45, 2.75) is 40.0 Å². The highest BCUT2D eigenvalue weighted by Crippen LogP contribution is 2.41. The van der Waals surface area contributed by atoms with E-state index in [0.717, 1.165) is 49.5 Å². The summed E-state index contributed by atoms with van der Waals surface area (Å²) in [5, 5.41) is 3.11. The van der Waals surface area contributed by atoms with Crippen molar-refractivity contribution in [2.75, 3.05) is 38.0 Å². The number of benzene rings is 1. The van der Waals surface area contributed by atoms with Gasteiger partial charge in [0.05, 0.1) is 11.8 Å². The van der Waals surface area contributed by atoms with E-state index in [1.807, 2.05) is 24.0 Å². The molecular weight excluding hydrogens is 326 g/mol. The van der Waals surface area contributed by atoms with Gasteiger partial charge in [0.1, 0.15) is 0 Å². The minimum absolute atomic E-state index is 0.00764. The van der Waals surface area contributed by atoms with Gasteiger partial charge in [-0.3, -0.25) is 9.59 Å². The van der Waals surface area contributed by atoms with Crippen LogP contribution in [0, 0.1) is 18.8 Å². The minimum Gasteiger partial charge on any atom is -0.340 e. The summed E-state index contributed by atoms with van der Waals surface area (Å²) in [6.07, 6.45) is 0.682. The lowest BCUT2D eigenvalue weighted by molar-refractivity contribution is -0.135. The maximum atomic E-state index is 12.7. The molecule has 1 aromatic rings. The zero-order chi connectivity index (χ0) is 18.8. The van der Waals surface area contributed by atoms with Crippen molar-refractivity contribution in [1.82, 2.24) is 9.80 Å². The number of hydrogen-bond acceptors (Lipinski definition) is 3. The van der Waals surface area contributed by atoms with E-state index in [-0.39, 0.29) is 23.7 Å². The standard InChI is InChI=1S/C21H31N3O2/c1-5-23-9-11-24(12-10-23)21(26)18-13-17(18)20(25)22-19-15(4)7-6-8-16(19)14(2)3/h6-8,14,17-18H,5,9-13H2,1-4H3,(H,22,25). The number of rotatable bonds is 5. The average molecular weight is 357 g/mol. The van der Waals surface area contributed by atoms with Gasteiger partial charge in [-0.1, -0.05) is 39.0 Å². The van der Waals surface area contributed by atoms with Crippen LogP contribution < -0.4 is 5.32 Å². The van der Waals surface area contributed by atoms with Gasteiger partial charge in [0.2, 0.25) is 11.8 Å². The lowest BCUT2D eigenvalue weighted by Gasteiger charge is -2.34. The van der Waals surface area contributed by atoms with Crippen LogP contribution in [0.25, 0.3) is 0 Å². The lowest BCUT2D eigenvalue weighted by atomic mass is 9.98.